The lowest BCUT2D eigenvalue weighted by Crippen LogP contribution is -2.28. The number of carbonyl (C=O) groups is 2. The molecule has 170 valence electrons. The number of benzene rings is 2. The molecule has 0 spiro atoms. The molecule has 2 heterocycles. The topological polar surface area (TPSA) is 76.1 Å². The number of Topliss-reactive ketones (excluding diaryl/α,β-unsaturated/α-hetero) is 1. The molecule has 0 radical (unpaired) electrons. The average Bonchev–Trinajstić information content (AvgIpc) is 3.42. The average molecular weight is 464 g/mol. The predicted octanol–water partition coefficient (Wildman–Crippen LogP) is 5.00. The molecular formula is C26H25NO5S. The van der Waals surface area contributed by atoms with Gasteiger partial charge in [0.2, 0.25) is 0 Å². The zero-order chi connectivity index (χ0) is 23.7. The van der Waals surface area contributed by atoms with E-state index in [0.717, 1.165) is 16.0 Å². The molecule has 6 nitrogen and oxygen atoms in total. The van der Waals surface area contributed by atoms with Crippen LogP contribution >= 0.6 is 11.3 Å². The van der Waals surface area contributed by atoms with Crippen LogP contribution in [0.25, 0.3) is 5.76 Å². The van der Waals surface area contributed by atoms with Gasteiger partial charge in [-0.1, -0.05) is 29.8 Å². The van der Waals surface area contributed by atoms with Gasteiger partial charge in [0.25, 0.3) is 11.7 Å². The lowest BCUT2D eigenvalue weighted by Gasteiger charge is -2.25. The van der Waals surface area contributed by atoms with E-state index in [4.69, 9.17) is 9.47 Å². The van der Waals surface area contributed by atoms with Crippen molar-refractivity contribution in [3.63, 3.8) is 0 Å². The van der Waals surface area contributed by atoms with Gasteiger partial charge in [0.05, 0.1) is 32.4 Å². The Morgan fingerprint density at radius 3 is 2.45 bits per heavy atom. The van der Waals surface area contributed by atoms with Gasteiger partial charge < -0.3 is 19.5 Å². The molecule has 1 unspecified atom stereocenters. The van der Waals surface area contributed by atoms with Crippen molar-refractivity contribution >= 4 is 28.8 Å². The van der Waals surface area contributed by atoms with Crippen LogP contribution in [0, 0.1) is 13.8 Å². The summed E-state index contributed by atoms with van der Waals surface area (Å²) in [5.74, 6) is -0.516. The van der Waals surface area contributed by atoms with Gasteiger partial charge in [0.15, 0.2) is 11.5 Å². The highest BCUT2D eigenvalue weighted by Crippen LogP contribution is 2.43. The minimum Gasteiger partial charge on any atom is -0.507 e. The fourth-order valence-electron chi connectivity index (χ4n) is 4.12. The van der Waals surface area contributed by atoms with Crippen LogP contribution in [0.3, 0.4) is 0 Å². The Bertz CT molecular complexity index is 1250. The summed E-state index contributed by atoms with van der Waals surface area (Å²) in [5.41, 5.74) is 3.01. The van der Waals surface area contributed by atoms with Crippen molar-refractivity contribution in [2.75, 3.05) is 14.2 Å². The second-order valence-corrected chi connectivity index (χ2v) is 8.97. The molecule has 2 aromatic carbocycles. The zero-order valence-corrected chi connectivity index (χ0v) is 19.7. The first kappa shape index (κ1) is 22.6. The number of methoxy groups -OCH3 is 2. The standard InChI is InChI=1S/C26H25NO5S/c1-15-7-8-16(2)19(12-15)24(28)22-23(17-9-10-20(31-3)21(13-17)32-4)27(26(30)25(22)29)14-18-6-5-11-33-18/h5-13,23,28H,14H2,1-4H3/b24-22+. The predicted molar refractivity (Wildman–Crippen MR) is 128 cm³/mol. The Balaban J connectivity index is 1.93. The van der Waals surface area contributed by atoms with Gasteiger partial charge in [0.1, 0.15) is 5.76 Å². The molecule has 0 saturated carbocycles. The maximum Gasteiger partial charge on any atom is 0.295 e. The molecule has 1 aliphatic rings. The maximum atomic E-state index is 13.3. The molecule has 1 saturated heterocycles. The van der Waals surface area contributed by atoms with Gasteiger partial charge in [0, 0.05) is 10.4 Å². The first-order valence-electron chi connectivity index (χ1n) is 10.5. The number of ketones is 1. The SMILES string of the molecule is COc1ccc(C2/C(=C(\O)c3cc(C)ccc3C)C(=O)C(=O)N2Cc2cccs2)cc1OC. The van der Waals surface area contributed by atoms with Crippen LogP contribution in [-0.2, 0) is 16.1 Å². The molecule has 1 aliphatic heterocycles. The van der Waals surface area contributed by atoms with Crippen LogP contribution in [0.15, 0.2) is 59.5 Å². The van der Waals surface area contributed by atoms with Crippen LogP contribution in [0.4, 0.5) is 0 Å². The molecule has 1 atom stereocenters. The second kappa shape index (κ2) is 9.11. The molecule has 1 aromatic heterocycles. The summed E-state index contributed by atoms with van der Waals surface area (Å²) in [7, 11) is 3.07. The lowest BCUT2D eigenvalue weighted by molar-refractivity contribution is -0.140. The third-order valence-corrected chi connectivity index (χ3v) is 6.68. The van der Waals surface area contributed by atoms with Crippen molar-refractivity contribution in [3.05, 3.63) is 86.6 Å². The fraction of sp³-hybridized carbons (Fsp3) is 0.231. The number of hydrogen-bond acceptors (Lipinski definition) is 6. The molecule has 33 heavy (non-hydrogen) atoms. The normalized spacial score (nSPS) is 17.5. The van der Waals surface area contributed by atoms with Gasteiger partial charge in [-0.3, -0.25) is 9.59 Å². The van der Waals surface area contributed by atoms with E-state index in [0.29, 0.717) is 22.6 Å². The van der Waals surface area contributed by atoms with E-state index in [-0.39, 0.29) is 17.9 Å². The number of carbonyl (C=O) groups excluding carboxylic acids is 2. The molecule has 7 heteroatoms. The number of hydrogen-bond donors (Lipinski definition) is 1. The first-order valence-corrected chi connectivity index (χ1v) is 11.3. The van der Waals surface area contributed by atoms with Gasteiger partial charge in [-0.25, -0.2) is 0 Å². The van der Waals surface area contributed by atoms with Crippen LogP contribution in [-0.4, -0.2) is 35.9 Å². The zero-order valence-electron chi connectivity index (χ0n) is 18.9. The van der Waals surface area contributed by atoms with E-state index < -0.39 is 17.7 Å². The fourth-order valence-corrected chi connectivity index (χ4v) is 4.82. The quantitative estimate of drug-likeness (QED) is 0.316. The minimum absolute atomic E-state index is 0.0671. The number of likely N-dealkylation sites (tertiary alicyclic amines) is 1. The van der Waals surface area contributed by atoms with Gasteiger partial charge >= 0.3 is 0 Å². The number of aryl methyl sites for hydroxylation is 2. The third kappa shape index (κ3) is 4.12. The van der Waals surface area contributed by atoms with Crippen LogP contribution in [0.1, 0.15) is 33.2 Å². The van der Waals surface area contributed by atoms with Crippen LogP contribution < -0.4 is 9.47 Å². The van der Waals surface area contributed by atoms with Gasteiger partial charge in [-0.2, -0.15) is 0 Å². The number of aliphatic hydroxyl groups is 1. The number of rotatable bonds is 6. The van der Waals surface area contributed by atoms with E-state index in [2.05, 4.69) is 0 Å². The third-order valence-electron chi connectivity index (χ3n) is 5.82. The highest BCUT2D eigenvalue weighted by atomic mass is 32.1. The Hall–Kier alpha value is -3.58. The van der Waals surface area contributed by atoms with Crippen LogP contribution in [0.2, 0.25) is 0 Å². The monoisotopic (exact) mass is 463 g/mol. The first-order chi connectivity index (χ1) is 15.8. The number of thiophene rings is 1. The highest BCUT2D eigenvalue weighted by Gasteiger charge is 2.46. The summed E-state index contributed by atoms with van der Waals surface area (Å²) in [5, 5.41) is 13.3. The Morgan fingerprint density at radius 2 is 1.79 bits per heavy atom. The maximum absolute atomic E-state index is 13.3. The summed E-state index contributed by atoms with van der Waals surface area (Å²) >= 11 is 1.51. The molecule has 1 N–H and O–H groups in total. The van der Waals surface area contributed by atoms with E-state index in [9.17, 15) is 14.7 Å². The van der Waals surface area contributed by atoms with Crippen molar-refractivity contribution in [1.29, 1.82) is 0 Å². The van der Waals surface area contributed by atoms with Crippen molar-refractivity contribution in [1.82, 2.24) is 4.90 Å². The highest BCUT2D eigenvalue weighted by molar-refractivity contribution is 7.09. The summed E-state index contributed by atoms with van der Waals surface area (Å²) in [6, 6.07) is 14.0. The number of amides is 1. The number of nitrogens with zero attached hydrogens (tertiary/aromatic N) is 1. The Labute approximate surface area is 196 Å². The van der Waals surface area contributed by atoms with Gasteiger partial charge in [-0.15, -0.1) is 11.3 Å². The number of aliphatic hydroxyl groups excluding tert-OH is 1. The summed E-state index contributed by atoms with van der Waals surface area (Å²) < 4.78 is 10.8. The van der Waals surface area contributed by atoms with E-state index in [1.54, 1.807) is 25.3 Å². The summed E-state index contributed by atoms with van der Waals surface area (Å²) in [4.78, 5) is 28.9. The van der Waals surface area contributed by atoms with Crippen LogP contribution in [0.5, 0.6) is 11.5 Å². The van der Waals surface area contributed by atoms with Crippen molar-refractivity contribution in [2.24, 2.45) is 0 Å². The Kier molecular flexibility index (Phi) is 6.24. The minimum atomic E-state index is -0.771. The van der Waals surface area contributed by atoms with Crippen molar-refractivity contribution in [2.45, 2.75) is 26.4 Å². The molecule has 0 aliphatic carbocycles. The molecule has 4 rings (SSSR count). The van der Waals surface area contributed by atoms with Gasteiger partial charge in [-0.05, 0) is 54.6 Å². The smallest absolute Gasteiger partial charge is 0.295 e. The van der Waals surface area contributed by atoms with E-state index in [1.807, 2.05) is 49.6 Å². The molecule has 1 fully saturated rings. The van der Waals surface area contributed by atoms with Crippen molar-refractivity contribution < 1.29 is 24.2 Å². The van der Waals surface area contributed by atoms with Crippen molar-refractivity contribution in [3.8, 4) is 11.5 Å². The number of ether oxygens (including phenoxy) is 2. The lowest BCUT2D eigenvalue weighted by atomic mass is 9.93. The largest absolute Gasteiger partial charge is 0.507 e. The molecule has 3 aromatic rings. The van der Waals surface area contributed by atoms with E-state index >= 15 is 0 Å². The summed E-state index contributed by atoms with van der Waals surface area (Å²) in [6.45, 7) is 4.03. The molecule has 1 amide bonds. The summed E-state index contributed by atoms with van der Waals surface area (Å²) in [6.07, 6.45) is 0. The second-order valence-electron chi connectivity index (χ2n) is 7.94. The Morgan fingerprint density at radius 1 is 1.03 bits per heavy atom. The molecule has 0 bridgehead atoms. The molecular weight excluding hydrogens is 438 g/mol. The van der Waals surface area contributed by atoms with E-state index in [1.165, 1.54) is 23.3 Å².